The molecule has 2 aliphatic heterocycles. The van der Waals surface area contributed by atoms with Gasteiger partial charge in [0.25, 0.3) is 0 Å². The first-order valence-electron chi connectivity index (χ1n) is 5.35. The average Bonchev–Trinajstić information content (AvgIpc) is 2.14. The van der Waals surface area contributed by atoms with Crippen molar-refractivity contribution in [3.63, 3.8) is 0 Å². The molecule has 0 radical (unpaired) electrons. The van der Waals surface area contributed by atoms with Gasteiger partial charge >= 0.3 is 0 Å². The summed E-state index contributed by atoms with van der Waals surface area (Å²) < 4.78 is 0. The molecular weight excluding hydrogens is 212 g/mol. The molecule has 15 heavy (non-hydrogen) atoms. The van der Waals surface area contributed by atoms with E-state index in [0.29, 0.717) is 5.28 Å². The van der Waals surface area contributed by atoms with Crippen molar-refractivity contribution in [3.05, 3.63) is 16.5 Å². The molecule has 0 amide bonds. The molecule has 5 heteroatoms. The minimum atomic E-state index is 0.374. The molecule has 0 aromatic carbocycles. The van der Waals surface area contributed by atoms with Crippen LogP contribution < -0.4 is 10.2 Å². The van der Waals surface area contributed by atoms with Crippen LogP contribution in [0.15, 0.2) is 0 Å². The van der Waals surface area contributed by atoms with Gasteiger partial charge in [-0.2, -0.15) is 0 Å². The van der Waals surface area contributed by atoms with Gasteiger partial charge in [-0.15, -0.1) is 0 Å². The van der Waals surface area contributed by atoms with Gasteiger partial charge in [0.05, 0.1) is 5.69 Å². The van der Waals surface area contributed by atoms with Gasteiger partial charge in [-0.1, -0.05) is 0 Å². The molecule has 1 saturated heterocycles. The summed E-state index contributed by atoms with van der Waals surface area (Å²) in [7, 11) is 0. The predicted molar refractivity (Wildman–Crippen MR) is 59.3 cm³/mol. The smallest absolute Gasteiger partial charge is 0.224 e. The Morgan fingerprint density at radius 3 is 2.87 bits per heavy atom. The fourth-order valence-corrected chi connectivity index (χ4v) is 2.28. The van der Waals surface area contributed by atoms with Gasteiger partial charge in [0.1, 0.15) is 5.82 Å². The molecule has 2 aliphatic rings. The Morgan fingerprint density at radius 2 is 2.13 bits per heavy atom. The number of nitrogens with one attached hydrogen (secondary N) is 1. The lowest BCUT2D eigenvalue weighted by molar-refractivity contribution is 0.583. The molecule has 1 fully saturated rings. The lowest BCUT2D eigenvalue weighted by Crippen LogP contribution is -2.39. The molecule has 4 nitrogen and oxygen atoms in total. The lowest BCUT2D eigenvalue weighted by atomic mass is 10.1. The van der Waals surface area contributed by atoms with Gasteiger partial charge in [0.2, 0.25) is 5.28 Å². The minimum Gasteiger partial charge on any atom is -0.356 e. The number of anilines is 1. The van der Waals surface area contributed by atoms with E-state index in [-0.39, 0.29) is 0 Å². The van der Waals surface area contributed by atoms with E-state index in [1.165, 1.54) is 12.0 Å². The third-order valence-corrected chi connectivity index (χ3v) is 3.21. The van der Waals surface area contributed by atoms with Gasteiger partial charge in [-0.25, -0.2) is 9.97 Å². The first-order chi connectivity index (χ1) is 7.34. The molecular formula is C10H13ClN4. The first kappa shape index (κ1) is 9.36. The average molecular weight is 225 g/mol. The Balaban J connectivity index is 2.06. The number of nitrogens with zero attached hydrogens (tertiary/aromatic N) is 3. The van der Waals surface area contributed by atoms with Crippen LogP contribution in [-0.4, -0.2) is 29.6 Å². The first-order valence-corrected chi connectivity index (χ1v) is 5.73. The van der Waals surface area contributed by atoms with Crippen LogP contribution in [-0.2, 0) is 13.0 Å². The predicted octanol–water partition coefficient (Wildman–Crippen LogP) is 0.986. The molecule has 1 N–H and O–H groups in total. The summed E-state index contributed by atoms with van der Waals surface area (Å²) in [6.45, 7) is 4.04. The van der Waals surface area contributed by atoms with Crippen molar-refractivity contribution in [3.8, 4) is 0 Å². The van der Waals surface area contributed by atoms with E-state index < -0.39 is 0 Å². The quantitative estimate of drug-likeness (QED) is 0.723. The van der Waals surface area contributed by atoms with Gasteiger partial charge in [-0.05, 0) is 31.0 Å². The molecule has 0 unspecified atom stereocenters. The largest absolute Gasteiger partial charge is 0.356 e. The third-order valence-electron chi connectivity index (χ3n) is 3.04. The molecule has 80 valence electrons. The Labute approximate surface area is 93.7 Å². The van der Waals surface area contributed by atoms with Crippen LogP contribution in [0.3, 0.4) is 0 Å². The monoisotopic (exact) mass is 224 g/mol. The van der Waals surface area contributed by atoms with E-state index in [1.807, 2.05) is 0 Å². The Kier molecular flexibility index (Phi) is 2.25. The molecule has 0 bridgehead atoms. The molecule has 1 aromatic heterocycles. The van der Waals surface area contributed by atoms with Crippen LogP contribution in [0.25, 0.3) is 0 Å². The second-order valence-corrected chi connectivity index (χ2v) is 4.35. The number of hydrogen-bond acceptors (Lipinski definition) is 4. The van der Waals surface area contributed by atoms with E-state index in [4.69, 9.17) is 11.6 Å². The second kappa shape index (κ2) is 3.61. The van der Waals surface area contributed by atoms with Crippen LogP contribution in [0.2, 0.25) is 5.28 Å². The summed E-state index contributed by atoms with van der Waals surface area (Å²) in [5.74, 6) is 1.07. The zero-order valence-electron chi connectivity index (χ0n) is 8.46. The van der Waals surface area contributed by atoms with E-state index in [0.717, 1.165) is 44.1 Å². The highest BCUT2D eigenvalue weighted by molar-refractivity contribution is 6.28. The fraction of sp³-hybridized carbons (Fsp3) is 0.600. The van der Waals surface area contributed by atoms with Crippen molar-refractivity contribution in [2.45, 2.75) is 19.4 Å². The topological polar surface area (TPSA) is 41.1 Å². The van der Waals surface area contributed by atoms with Crippen molar-refractivity contribution in [2.24, 2.45) is 0 Å². The van der Waals surface area contributed by atoms with Crippen molar-refractivity contribution < 1.29 is 0 Å². The zero-order chi connectivity index (χ0) is 10.3. The van der Waals surface area contributed by atoms with E-state index in [9.17, 15) is 0 Å². The Hall–Kier alpha value is -0.870. The van der Waals surface area contributed by atoms with Crippen LogP contribution >= 0.6 is 11.6 Å². The van der Waals surface area contributed by atoms with E-state index in [1.54, 1.807) is 0 Å². The molecule has 0 aliphatic carbocycles. The van der Waals surface area contributed by atoms with Crippen LogP contribution in [0, 0.1) is 0 Å². The number of halogens is 1. The highest BCUT2D eigenvalue weighted by atomic mass is 35.5. The van der Waals surface area contributed by atoms with Crippen LogP contribution in [0.4, 0.5) is 5.82 Å². The Morgan fingerprint density at radius 1 is 1.27 bits per heavy atom. The summed E-state index contributed by atoms with van der Waals surface area (Å²) in [5, 5.41) is 3.68. The SMILES string of the molecule is Clc1nc2c(c(N3CCC3)n1)CCNC2. The number of aromatic nitrogens is 2. The minimum absolute atomic E-state index is 0.374. The van der Waals surface area contributed by atoms with Gasteiger partial charge in [0, 0.05) is 25.2 Å². The highest BCUT2D eigenvalue weighted by Crippen LogP contribution is 2.27. The lowest BCUT2D eigenvalue weighted by Gasteiger charge is -2.34. The summed E-state index contributed by atoms with van der Waals surface area (Å²) in [6, 6.07) is 0. The van der Waals surface area contributed by atoms with Crippen molar-refractivity contribution >= 4 is 17.4 Å². The normalized spacial score (nSPS) is 19.7. The maximum Gasteiger partial charge on any atom is 0.224 e. The number of hydrogen-bond donors (Lipinski definition) is 1. The van der Waals surface area contributed by atoms with Crippen molar-refractivity contribution in [1.29, 1.82) is 0 Å². The van der Waals surface area contributed by atoms with Crippen LogP contribution in [0.5, 0.6) is 0 Å². The number of rotatable bonds is 1. The highest BCUT2D eigenvalue weighted by Gasteiger charge is 2.24. The third kappa shape index (κ3) is 1.58. The molecule has 1 aromatic rings. The van der Waals surface area contributed by atoms with Gasteiger partial charge in [-0.3, -0.25) is 0 Å². The van der Waals surface area contributed by atoms with E-state index >= 15 is 0 Å². The molecule has 0 atom stereocenters. The van der Waals surface area contributed by atoms with Crippen molar-refractivity contribution in [1.82, 2.24) is 15.3 Å². The molecule has 0 spiro atoms. The van der Waals surface area contributed by atoms with Gasteiger partial charge in [0.15, 0.2) is 0 Å². The Bertz CT molecular complexity index is 389. The van der Waals surface area contributed by atoms with E-state index in [2.05, 4.69) is 20.2 Å². The summed E-state index contributed by atoms with van der Waals surface area (Å²) >= 11 is 5.93. The maximum atomic E-state index is 5.93. The van der Waals surface area contributed by atoms with Crippen molar-refractivity contribution in [2.75, 3.05) is 24.5 Å². The van der Waals surface area contributed by atoms with Crippen LogP contribution in [0.1, 0.15) is 17.7 Å². The van der Waals surface area contributed by atoms with Gasteiger partial charge < -0.3 is 10.2 Å². The maximum absolute atomic E-state index is 5.93. The summed E-state index contributed by atoms with van der Waals surface area (Å²) in [6.07, 6.45) is 2.27. The molecule has 3 heterocycles. The molecule has 0 saturated carbocycles. The second-order valence-electron chi connectivity index (χ2n) is 4.01. The number of fused-ring (bicyclic) bond motifs is 1. The fourth-order valence-electron chi connectivity index (χ4n) is 2.10. The summed E-state index contributed by atoms with van der Waals surface area (Å²) in [5.41, 5.74) is 2.36. The zero-order valence-corrected chi connectivity index (χ0v) is 9.22. The summed E-state index contributed by atoms with van der Waals surface area (Å²) in [4.78, 5) is 10.9. The molecule has 3 rings (SSSR count). The standard InChI is InChI=1S/C10H13ClN4/c11-10-13-8-6-12-3-2-7(8)9(14-10)15-4-1-5-15/h12H,1-6H2.